The molecular formula is C39H36O6. The van der Waals surface area contributed by atoms with Crippen LogP contribution in [0.4, 0.5) is 0 Å². The maximum Gasteiger partial charge on any atom is 0.123 e. The molecule has 0 saturated carbocycles. The van der Waals surface area contributed by atoms with Gasteiger partial charge in [0.1, 0.15) is 34.5 Å². The molecule has 6 N–H and O–H groups in total. The third kappa shape index (κ3) is 7.98. The van der Waals surface area contributed by atoms with Crippen LogP contribution in [0, 0.1) is 18.3 Å². The molecule has 0 saturated heterocycles. The van der Waals surface area contributed by atoms with Gasteiger partial charge < -0.3 is 30.6 Å². The molecule has 3 aromatic carbocycles. The van der Waals surface area contributed by atoms with Crippen molar-refractivity contribution in [1.29, 1.82) is 0 Å². The fourth-order valence-corrected chi connectivity index (χ4v) is 5.47. The number of rotatable bonds is 11. The Morgan fingerprint density at radius 3 is 2.09 bits per heavy atom. The SMILES string of the molecule is C#C/C=C(O)\C=C/CC(C(/C=C\C(=C)c1ccc(C(c2ccc(O)cc2O)C2C=CC(O)=C2)cc1)=C/C)c1ccc(O)cc1O. The first-order valence-electron chi connectivity index (χ1n) is 14.4. The third-order valence-electron chi connectivity index (χ3n) is 7.72. The highest BCUT2D eigenvalue weighted by atomic mass is 16.3. The molecule has 4 rings (SSSR count). The summed E-state index contributed by atoms with van der Waals surface area (Å²) < 4.78 is 0. The van der Waals surface area contributed by atoms with E-state index in [4.69, 9.17) is 6.42 Å². The molecule has 3 atom stereocenters. The van der Waals surface area contributed by atoms with Gasteiger partial charge in [0.05, 0.1) is 0 Å². The molecule has 1 aliphatic carbocycles. The van der Waals surface area contributed by atoms with Gasteiger partial charge in [-0.25, -0.2) is 0 Å². The van der Waals surface area contributed by atoms with E-state index in [2.05, 4.69) is 12.5 Å². The summed E-state index contributed by atoms with van der Waals surface area (Å²) in [6.07, 6.45) is 21.2. The lowest BCUT2D eigenvalue weighted by Gasteiger charge is -2.23. The van der Waals surface area contributed by atoms with Crippen LogP contribution < -0.4 is 0 Å². The summed E-state index contributed by atoms with van der Waals surface area (Å²) in [6, 6.07) is 16.8. The number of terminal acetylenes is 1. The Bertz CT molecular complexity index is 1780. The lowest BCUT2D eigenvalue weighted by atomic mass is 9.80. The van der Waals surface area contributed by atoms with Crippen molar-refractivity contribution in [2.75, 3.05) is 0 Å². The Hall–Kier alpha value is -5.80. The number of hydrogen-bond acceptors (Lipinski definition) is 6. The van der Waals surface area contributed by atoms with Gasteiger partial charge >= 0.3 is 0 Å². The predicted molar refractivity (Wildman–Crippen MR) is 179 cm³/mol. The van der Waals surface area contributed by atoms with Gasteiger partial charge in [0, 0.05) is 47.1 Å². The second-order valence-electron chi connectivity index (χ2n) is 10.7. The maximum absolute atomic E-state index is 10.6. The summed E-state index contributed by atoms with van der Waals surface area (Å²) in [5, 5.41) is 60.9. The van der Waals surface area contributed by atoms with Gasteiger partial charge in [0.25, 0.3) is 0 Å². The first-order chi connectivity index (χ1) is 21.6. The van der Waals surface area contributed by atoms with Crippen LogP contribution in [0.5, 0.6) is 23.0 Å². The average molecular weight is 601 g/mol. The third-order valence-corrected chi connectivity index (χ3v) is 7.72. The molecule has 0 aliphatic heterocycles. The molecule has 0 bridgehead atoms. The molecule has 6 nitrogen and oxygen atoms in total. The Kier molecular flexibility index (Phi) is 10.4. The lowest BCUT2D eigenvalue weighted by Crippen LogP contribution is -2.10. The molecule has 3 unspecified atom stereocenters. The summed E-state index contributed by atoms with van der Waals surface area (Å²) in [4.78, 5) is 0. The van der Waals surface area contributed by atoms with Crippen molar-refractivity contribution in [1.82, 2.24) is 0 Å². The molecule has 0 heterocycles. The monoisotopic (exact) mass is 600 g/mol. The van der Waals surface area contributed by atoms with E-state index in [-0.39, 0.29) is 52.3 Å². The fraction of sp³-hybridized carbons (Fsp3) is 0.128. The fourth-order valence-electron chi connectivity index (χ4n) is 5.47. The standard InChI is InChI=1S/C39H36O6/c1-4-7-30(40)8-6-9-34(35-20-18-32(42)23-37(35)44)26(5-2)11-10-25(3)27-12-14-28(15-13-27)39(29-16-17-31(41)22-29)36-21-19-33(43)24-38(36)45/h1,5-8,10-24,29,34,39-45H,3,9H2,2H3/b8-6-,11-10-,26-5+,30-7+. The molecule has 6 heteroatoms. The number of allylic oxidation sites excluding steroid dienone is 11. The van der Waals surface area contributed by atoms with Crippen molar-refractivity contribution >= 4 is 5.57 Å². The number of phenols is 4. The molecule has 228 valence electrons. The highest BCUT2D eigenvalue weighted by molar-refractivity contribution is 5.73. The van der Waals surface area contributed by atoms with E-state index in [1.165, 1.54) is 36.4 Å². The van der Waals surface area contributed by atoms with Crippen LogP contribution in [-0.4, -0.2) is 30.6 Å². The van der Waals surface area contributed by atoms with Crippen molar-refractivity contribution in [3.05, 3.63) is 161 Å². The van der Waals surface area contributed by atoms with Crippen LogP contribution >= 0.6 is 0 Å². The quantitative estimate of drug-likeness (QED) is 0.0745. The molecule has 0 fully saturated rings. The van der Waals surface area contributed by atoms with Crippen molar-refractivity contribution in [2.24, 2.45) is 5.92 Å². The number of phenolic OH excluding ortho intramolecular Hbond substituents is 4. The second kappa shape index (κ2) is 14.6. The minimum absolute atomic E-state index is 0.0326. The number of aromatic hydroxyl groups is 4. The minimum atomic E-state index is -0.306. The van der Waals surface area contributed by atoms with Gasteiger partial charge in [0.15, 0.2) is 0 Å². The summed E-state index contributed by atoms with van der Waals surface area (Å²) >= 11 is 0. The molecule has 0 amide bonds. The first kappa shape index (κ1) is 32.1. The molecule has 0 spiro atoms. The highest BCUT2D eigenvalue weighted by Crippen LogP contribution is 2.42. The van der Waals surface area contributed by atoms with E-state index in [9.17, 15) is 30.6 Å². The zero-order valence-electron chi connectivity index (χ0n) is 24.9. The highest BCUT2D eigenvalue weighted by Gasteiger charge is 2.27. The van der Waals surface area contributed by atoms with Crippen molar-refractivity contribution in [3.8, 4) is 35.3 Å². The Labute approximate surface area is 263 Å². The normalized spacial score (nSPS) is 16.5. The van der Waals surface area contributed by atoms with Crippen molar-refractivity contribution < 1.29 is 30.6 Å². The predicted octanol–water partition coefficient (Wildman–Crippen LogP) is 8.59. The van der Waals surface area contributed by atoms with Crippen LogP contribution in [-0.2, 0) is 0 Å². The zero-order chi connectivity index (χ0) is 32.5. The summed E-state index contributed by atoms with van der Waals surface area (Å²) in [5.41, 5.74) is 4.62. The maximum atomic E-state index is 10.6. The van der Waals surface area contributed by atoms with Crippen LogP contribution in [0.15, 0.2) is 139 Å². The van der Waals surface area contributed by atoms with E-state index < -0.39 is 0 Å². The second-order valence-corrected chi connectivity index (χ2v) is 10.7. The molecule has 0 aromatic heterocycles. The van der Waals surface area contributed by atoms with Gasteiger partial charge in [-0.3, -0.25) is 0 Å². The molecule has 1 aliphatic rings. The Balaban J connectivity index is 1.60. The average Bonchev–Trinajstić information content (AvgIpc) is 3.43. The Morgan fingerprint density at radius 1 is 0.889 bits per heavy atom. The smallest absolute Gasteiger partial charge is 0.123 e. The van der Waals surface area contributed by atoms with E-state index in [1.54, 1.807) is 30.4 Å². The molecule has 45 heavy (non-hydrogen) atoms. The largest absolute Gasteiger partial charge is 0.508 e. The van der Waals surface area contributed by atoms with E-state index in [1.807, 2.05) is 55.5 Å². The Morgan fingerprint density at radius 2 is 1.53 bits per heavy atom. The van der Waals surface area contributed by atoms with E-state index in [0.29, 0.717) is 17.5 Å². The summed E-state index contributed by atoms with van der Waals surface area (Å²) in [6.45, 7) is 6.14. The van der Waals surface area contributed by atoms with E-state index in [0.717, 1.165) is 22.3 Å². The van der Waals surface area contributed by atoms with Crippen LogP contribution in [0.2, 0.25) is 0 Å². The topological polar surface area (TPSA) is 121 Å². The van der Waals surface area contributed by atoms with Gasteiger partial charge in [-0.15, -0.1) is 6.42 Å². The van der Waals surface area contributed by atoms with Crippen LogP contribution in [0.1, 0.15) is 47.4 Å². The summed E-state index contributed by atoms with van der Waals surface area (Å²) in [5.74, 6) is 1.41. The number of aliphatic hydroxyl groups excluding tert-OH is 2. The van der Waals surface area contributed by atoms with Gasteiger partial charge in [-0.2, -0.15) is 0 Å². The van der Waals surface area contributed by atoms with Gasteiger partial charge in [-0.1, -0.05) is 79.3 Å². The minimum Gasteiger partial charge on any atom is -0.508 e. The van der Waals surface area contributed by atoms with E-state index >= 15 is 0 Å². The summed E-state index contributed by atoms with van der Waals surface area (Å²) in [7, 11) is 0. The lowest BCUT2D eigenvalue weighted by molar-refractivity contribution is 0.428. The molecular weight excluding hydrogens is 564 g/mol. The van der Waals surface area contributed by atoms with Crippen LogP contribution in [0.25, 0.3) is 5.57 Å². The number of aliphatic hydroxyl groups is 2. The number of benzene rings is 3. The molecule has 0 radical (unpaired) electrons. The zero-order valence-corrected chi connectivity index (χ0v) is 24.9. The number of hydrogen-bond donors (Lipinski definition) is 6. The van der Waals surface area contributed by atoms with Crippen molar-refractivity contribution in [2.45, 2.75) is 25.2 Å². The van der Waals surface area contributed by atoms with Gasteiger partial charge in [-0.05, 0) is 66.0 Å². The van der Waals surface area contributed by atoms with Gasteiger partial charge in [0.2, 0.25) is 0 Å². The van der Waals surface area contributed by atoms with Crippen LogP contribution in [0.3, 0.4) is 0 Å². The van der Waals surface area contributed by atoms with Crippen molar-refractivity contribution in [3.63, 3.8) is 0 Å². The first-order valence-corrected chi connectivity index (χ1v) is 14.4. The molecule has 3 aromatic rings.